The Morgan fingerprint density at radius 3 is 2.81 bits per heavy atom. The van der Waals surface area contributed by atoms with Crippen molar-refractivity contribution in [1.29, 1.82) is 0 Å². The van der Waals surface area contributed by atoms with Crippen LogP contribution in [0, 0.1) is 5.92 Å². The van der Waals surface area contributed by atoms with Crippen molar-refractivity contribution >= 4 is 28.5 Å². The van der Waals surface area contributed by atoms with Crippen molar-refractivity contribution < 1.29 is 19.1 Å². The molecule has 0 atom stereocenters. The fourth-order valence-corrected chi connectivity index (χ4v) is 2.81. The SMILES string of the molecule is COC(=O)c1n[nH]c2ccc(NC(=O)c3ccccc3OCC3CC3)cc12. The standard InChI is InChI=1S/C20H19N3O4/c1-26-20(25)18-15-10-13(8-9-16(15)22-23-18)21-19(24)14-4-2-3-5-17(14)27-11-12-6-7-12/h2-5,8-10,12H,6-7,11H2,1H3,(H,21,24)(H,22,23). The number of amides is 1. The van der Waals surface area contributed by atoms with Gasteiger partial charge in [-0.25, -0.2) is 4.79 Å². The maximum atomic E-state index is 12.7. The number of hydrogen-bond acceptors (Lipinski definition) is 5. The molecular formula is C20H19N3O4. The molecule has 7 heteroatoms. The van der Waals surface area contributed by atoms with Crippen LogP contribution in [-0.2, 0) is 4.74 Å². The molecular weight excluding hydrogens is 346 g/mol. The van der Waals surface area contributed by atoms with E-state index in [2.05, 4.69) is 15.5 Å². The minimum atomic E-state index is -0.538. The third-order valence-electron chi connectivity index (χ3n) is 4.50. The molecule has 4 rings (SSSR count). The zero-order valence-electron chi connectivity index (χ0n) is 14.8. The number of methoxy groups -OCH3 is 1. The Kier molecular flexibility index (Phi) is 4.50. The molecule has 3 aromatic rings. The first kappa shape index (κ1) is 17.1. The molecule has 0 aliphatic heterocycles. The smallest absolute Gasteiger partial charge is 0.359 e. The van der Waals surface area contributed by atoms with Gasteiger partial charge in [-0.05, 0) is 49.1 Å². The summed E-state index contributed by atoms with van der Waals surface area (Å²) in [4.78, 5) is 24.5. The van der Waals surface area contributed by atoms with Gasteiger partial charge in [-0.1, -0.05) is 12.1 Å². The summed E-state index contributed by atoms with van der Waals surface area (Å²) < 4.78 is 10.5. The van der Waals surface area contributed by atoms with Crippen molar-refractivity contribution in [2.45, 2.75) is 12.8 Å². The number of benzene rings is 2. The topological polar surface area (TPSA) is 93.3 Å². The van der Waals surface area contributed by atoms with Gasteiger partial charge in [0, 0.05) is 11.1 Å². The van der Waals surface area contributed by atoms with E-state index in [0.717, 1.165) is 0 Å². The normalized spacial score (nSPS) is 13.4. The largest absolute Gasteiger partial charge is 0.492 e. The Morgan fingerprint density at radius 2 is 2.04 bits per heavy atom. The molecule has 0 radical (unpaired) electrons. The summed E-state index contributed by atoms with van der Waals surface area (Å²) in [6.45, 7) is 0.633. The molecule has 1 heterocycles. The third kappa shape index (κ3) is 3.62. The lowest BCUT2D eigenvalue weighted by Crippen LogP contribution is -2.14. The van der Waals surface area contributed by atoms with Crippen molar-refractivity contribution in [1.82, 2.24) is 10.2 Å². The second-order valence-corrected chi connectivity index (χ2v) is 6.53. The summed E-state index contributed by atoms with van der Waals surface area (Å²) in [6.07, 6.45) is 2.36. The number of rotatable bonds is 6. The lowest BCUT2D eigenvalue weighted by molar-refractivity contribution is 0.0596. The van der Waals surface area contributed by atoms with Crippen LogP contribution in [0.4, 0.5) is 5.69 Å². The van der Waals surface area contributed by atoms with E-state index in [4.69, 9.17) is 9.47 Å². The average Bonchev–Trinajstić information content (AvgIpc) is 3.43. The fourth-order valence-electron chi connectivity index (χ4n) is 2.81. The zero-order valence-corrected chi connectivity index (χ0v) is 14.8. The van der Waals surface area contributed by atoms with Crippen LogP contribution in [-0.4, -0.2) is 35.8 Å². The van der Waals surface area contributed by atoms with E-state index >= 15 is 0 Å². The number of hydrogen-bond donors (Lipinski definition) is 2. The first-order valence-electron chi connectivity index (χ1n) is 8.75. The van der Waals surface area contributed by atoms with Gasteiger partial charge in [0.05, 0.1) is 24.8 Å². The number of H-pyrrole nitrogens is 1. The van der Waals surface area contributed by atoms with Crippen LogP contribution in [0.1, 0.15) is 33.7 Å². The van der Waals surface area contributed by atoms with Crippen molar-refractivity contribution in [2.75, 3.05) is 19.0 Å². The van der Waals surface area contributed by atoms with E-state index < -0.39 is 5.97 Å². The lowest BCUT2D eigenvalue weighted by atomic mass is 10.1. The highest BCUT2D eigenvalue weighted by molar-refractivity contribution is 6.08. The summed E-state index contributed by atoms with van der Waals surface area (Å²) in [5, 5.41) is 10.2. The summed E-state index contributed by atoms with van der Waals surface area (Å²) >= 11 is 0. The zero-order chi connectivity index (χ0) is 18.8. The maximum Gasteiger partial charge on any atom is 0.359 e. The Labute approximate surface area is 155 Å². The Bertz CT molecular complexity index is 1010. The van der Waals surface area contributed by atoms with Gasteiger partial charge in [-0.3, -0.25) is 9.89 Å². The van der Waals surface area contributed by atoms with E-state index in [1.165, 1.54) is 20.0 Å². The summed E-state index contributed by atoms with van der Waals surface area (Å²) in [7, 11) is 1.30. The van der Waals surface area contributed by atoms with Crippen molar-refractivity contribution in [3.05, 3.63) is 53.7 Å². The molecule has 0 bridgehead atoms. The molecule has 0 saturated heterocycles. The summed E-state index contributed by atoms with van der Waals surface area (Å²) in [6, 6.07) is 12.4. The van der Waals surface area contributed by atoms with Crippen LogP contribution >= 0.6 is 0 Å². The van der Waals surface area contributed by atoms with Crippen molar-refractivity contribution in [3.63, 3.8) is 0 Å². The summed E-state index contributed by atoms with van der Waals surface area (Å²) in [5.74, 6) is 0.357. The number of nitrogens with one attached hydrogen (secondary N) is 2. The Hall–Kier alpha value is -3.35. The maximum absolute atomic E-state index is 12.7. The number of carbonyl (C=O) groups excluding carboxylic acids is 2. The minimum absolute atomic E-state index is 0.178. The molecule has 1 amide bonds. The molecule has 1 fully saturated rings. The molecule has 2 N–H and O–H groups in total. The second kappa shape index (κ2) is 7.11. The number of carbonyl (C=O) groups is 2. The van der Waals surface area contributed by atoms with Gasteiger partial charge < -0.3 is 14.8 Å². The van der Waals surface area contributed by atoms with E-state index in [9.17, 15) is 9.59 Å². The minimum Gasteiger partial charge on any atom is -0.492 e. The van der Waals surface area contributed by atoms with Crippen LogP contribution in [0.3, 0.4) is 0 Å². The lowest BCUT2D eigenvalue weighted by Gasteiger charge is -2.11. The van der Waals surface area contributed by atoms with Gasteiger partial charge in [0.1, 0.15) is 5.75 Å². The second-order valence-electron chi connectivity index (χ2n) is 6.53. The van der Waals surface area contributed by atoms with Gasteiger partial charge in [0.15, 0.2) is 5.69 Å². The molecule has 1 aromatic heterocycles. The molecule has 138 valence electrons. The molecule has 1 aliphatic carbocycles. The van der Waals surface area contributed by atoms with Crippen LogP contribution in [0.25, 0.3) is 10.9 Å². The molecule has 1 saturated carbocycles. The van der Waals surface area contributed by atoms with E-state index in [1.54, 1.807) is 36.4 Å². The van der Waals surface area contributed by atoms with Crippen LogP contribution < -0.4 is 10.1 Å². The predicted octanol–water partition coefficient (Wildman–Crippen LogP) is 3.39. The van der Waals surface area contributed by atoms with Gasteiger partial charge in [-0.2, -0.15) is 5.10 Å². The highest BCUT2D eigenvalue weighted by Crippen LogP contribution is 2.30. The van der Waals surface area contributed by atoms with Gasteiger partial charge in [-0.15, -0.1) is 0 Å². The van der Waals surface area contributed by atoms with Crippen molar-refractivity contribution in [2.24, 2.45) is 5.92 Å². The van der Waals surface area contributed by atoms with Gasteiger partial charge >= 0.3 is 5.97 Å². The predicted molar refractivity (Wildman–Crippen MR) is 100 cm³/mol. The average molecular weight is 365 g/mol. The van der Waals surface area contributed by atoms with Crippen LogP contribution in [0.5, 0.6) is 5.75 Å². The number of para-hydroxylation sites is 1. The molecule has 7 nitrogen and oxygen atoms in total. The number of nitrogens with zero attached hydrogens (tertiary/aromatic N) is 1. The number of fused-ring (bicyclic) bond motifs is 1. The molecule has 0 spiro atoms. The van der Waals surface area contributed by atoms with Crippen LogP contribution in [0.15, 0.2) is 42.5 Å². The number of anilines is 1. The monoisotopic (exact) mass is 365 g/mol. The summed E-state index contributed by atoms with van der Waals surface area (Å²) in [5.41, 5.74) is 1.88. The quantitative estimate of drug-likeness (QED) is 0.653. The molecule has 0 unspecified atom stereocenters. The van der Waals surface area contributed by atoms with Crippen LogP contribution in [0.2, 0.25) is 0 Å². The van der Waals surface area contributed by atoms with E-state index in [0.29, 0.717) is 40.4 Å². The number of ether oxygens (including phenoxy) is 2. The van der Waals surface area contributed by atoms with Gasteiger partial charge in [0.25, 0.3) is 5.91 Å². The molecule has 2 aromatic carbocycles. The number of aromatic amines is 1. The van der Waals surface area contributed by atoms with E-state index in [-0.39, 0.29) is 11.6 Å². The Morgan fingerprint density at radius 1 is 1.22 bits per heavy atom. The fraction of sp³-hybridized carbons (Fsp3) is 0.250. The number of aromatic nitrogens is 2. The molecule has 27 heavy (non-hydrogen) atoms. The third-order valence-corrected chi connectivity index (χ3v) is 4.50. The highest BCUT2D eigenvalue weighted by Gasteiger charge is 2.23. The van der Waals surface area contributed by atoms with Gasteiger partial charge in [0.2, 0.25) is 0 Å². The first-order valence-corrected chi connectivity index (χ1v) is 8.75. The number of esters is 1. The van der Waals surface area contributed by atoms with E-state index in [1.807, 2.05) is 6.07 Å². The first-order chi connectivity index (χ1) is 13.2. The Balaban J connectivity index is 1.56. The highest BCUT2D eigenvalue weighted by atomic mass is 16.5. The van der Waals surface area contributed by atoms with Crippen molar-refractivity contribution in [3.8, 4) is 5.75 Å². The molecule has 1 aliphatic rings.